The van der Waals surface area contributed by atoms with Crippen molar-refractivity contribution in [1.82, 2.24) is 4.90 Å². The average molecular weight is 442 g/mol. The first-order chi connectivity index (χ1) is 14.3. The minimum absolute atomic E-state index is 0.0508. The Hall–Kier alpha value is -2.45. The molecule has 160 valence electrons. The third-order valence-corrected chi connectivity index (χ3v) is 5.84. The summed E-state index contributed by atoms with van der Waals surface area (Å²) in [6, 6.07) is 6.58. The van der Waals surface area contributed by atoms with Crippen LogP contribution in [0.25, 0.3) is 0 Å². The number of nitrogens with zero attached hydrogens (tertiary/aromatic N) is 1. The predicted molar refractivity (Wildman–Crippen MR) is 103 cm³/mol. The van der Waals surface area contributed by atoms with E-state index in [9.17, 15) is 23.1 Å². The lowest BCUT2D eigenvalue weighted by atomic mass is 9.90. The summed E-state index contributed by atoms with van der Waals surface area (Å²) < 4.78 is 51.0. The smallest absolute Gasteiger partial charge is 0.416 e. The molecule has 5 nitrogen and oxygen atoms in total. The van der Waals surface area contributed by atoms with E-state index in [1.54, 1.807) is 23.1 Å². The molecule has 1 N–H and O–H groups in total. The molecule has 1 fully saturated rings. The summed E-state index contributed by atoms with van der Waals surface area (Å²) in [4.78, 5) is 13.6. The van der Waals surface area contributed by atoms with Crippen molar-refractivity contribution in [2.24, 2.45) is 0 Å². The summed E-state index contributed by atoms with van der Waals surface area (Å²) >= 11 is 6.36. The van der Waals surface area contributed by atoms with Crippen LogP contribution in [0, 0.1) is 0 Å². The van der Waals surface area contributed by atoms with Gasteiger partial charge in [-0.25, -0.2) is 0 Å². The van der Waals surface area contributed by atoms with Crippen molar-refractivity contribution in [3.8, 4) is 11.5 Å². The number of rotatable bonds is 4. The fraction of sp³-hybridized carbons (Fsp3) is 0.381. The highest BCUT2D eigenvalue weighted by molar-refractivity contribution is 6.31. The zero-order valence-electron chi connectivity index (χ0n) is 15.8. The van der Waals surface area contributed by atoms with E-state index in [-0.39, 0.29) is 17.4 Å². The molecule has 0 aromatic heterocycles. The Morgan fingerprint density at radius 1 is 1.13 bits per heavy atom. The largest absolute Gasteiger partial charge is 0.480 e. The van der Waals surface area contributed by atoms with Crippen LogP contribution in [0.15, 0.2) is 36.4 Å². The second-order valence-corrected chi connectivity index (χ2v) is 7.74. The monoisotopic (exact) mass is 441 g/mol. The van der Waals surface area contributed by atoms with Gasteiger partial charge < -0.3 is 14.6 Å². The molecule has 0 aliphatic carbocycles. The molecule has 1 saturated heterocycles. The number of ether oxygens (including phenoxy) is 2. The number of carboxylic acid groups (broad SMARTS) is 1. The molecule has 0 amide bonds. The lowest BCUT2D eigenvalue weighted by Gasteiger charge is -2.40. The van der Waals surface area contributed by atoms with Gasteiger partial charge in [-0.15, -0.1) is 0 Å². The first-order valence-electron chi connectivity index (χ1n) is 9.50. The number of alkyl halides is 3. The number of aliphatic carboxylic acids is 1. The van der Waals surface area contributed by atoms with Crippen LogP contribution in [0.2, 0.25) is 5.02 Å². The maximum absolute atomic E-state index is 13.4. The van der Waals surface area contributed by atoms with Crippen LogP contribution in [0.3, 0.4) is 0 Å². The van der Waals surface area contributed by atoms with E-state index in [0.29, 0.717) is 30.0 Å². The van der Waals surface area contributed by atoms with Gasteiger partial charge in [-0.05, 0) is 60.8 Å². The highest BCUT2D eigenvalue weighted by Crippen LogP contribution is 2.43. The first kappa shape index (κ1) is 20.8. The topological polar surface area (TPSA) is 59.0 Å². The molecular formula is C21H19ClF3NO4. The number of carbonyl (C=O) groups is 1. The van der Waals surface area contributed by atoms with Gasteiger partial charge in [0.05, 0.1) is 11.6 Å². The van der Waals surface area contributed by atoms with Gasteiger partial charge in [0.1, 0.15) is 6.04 Å². The number of halogens is 4. The molecule has 2 aliphatic heterocycles. The maximum Gasteiger partial charge on any atom is 0.416 e. The van der Waals surface area contributed by atoms with E-state index in [2.05, 4.69) is 0 Å². The van der Waals surface area contributed by atoms with Crippen molar-refractivity contribution >= 4 is 17.6 Å². The Kier molecular flexibility index (Phi) is 5.55. The fourth-order valence-corrected chi connectivity index (χ4v) is 4.31. The van der Waals surface area contributed by atoms with E-state index >= 15 is 0 Å². The molecule has 2 heterocycles. The van der Waals surface area contributed by atoms with Crippen LogP contribution in [0.1, 0.15) is 42.0 Å². The maximum atomic E-state index is 13.4. The molecule has 2 aromatic carbocycles. The molecule has 2 unspecified atom stereocenters. The summed E-state index contributed by atoms with van der Waals surface area (Å²) in [5.74, 6) is -0.0194. The molecule has 30 heavy (non-hydrogen) atoms. The molecular weight excluding hydrogens is 423 g/mol. The van der Waals surface area contributed by atoms with Crippen molar-refractivity contribution in [2.45, 2.75) is 37.5 Å². The molecule has 0 spiro atoms. The van der Waals surface area contributed by atoms with E-state index < -0.39 is 29.8 Å². The van der Waals surface area contributed by atoms with Gasteiger partial charge in [-0.2, -0.15) is 13.2 Å². The summed E-state index contributed by atoms with van der Waals surface area (Å²) in [7, 11) is 0. The Bertz CT molecular complexity index is 966. The minimum Gasteiger partial charge on any atom is -0.480 e. The van der Waals surface area contributed by atoms with Crippen LogP contribution >= 0.6 is 11.6 Å². The highest BCUT2D eigenvalue weighted by atomic mass is 35.5. The van der Waals surface area contributed by atoms with Crippen LogP contribution < -0.4 is 9.47 Å². The van der Waals surface area contributed by atoms with Crippen molar-refractivity contribution < 1.29 is 32.5 Å². The molecule has 2 aromatic rings. The van der Waals surface area contributed by atoms with Gasteiger partial charge in [-0.1, -0.05) is 24.1 Å². The quantitative estimate of drug-likeness (QED) is 0.714. The van der Waals surface area contributed by atoms with Gasteiger partial charge in [0.25, 0.3) is 0 Å². The van der Waals surface area contributed by atoms with Crippen LogP contribution in [0.5, 0.6) is 11.5 Å². The summed E-state index contributed by atoms with van der Waals surface area (Å²) in [5.41, 5.74) is -0.0383. The van der Waals surface area contributed by atoms with Crippen molar-refractivity contribution in [3.63, 3.8) is 0 Å². The number of fused-ring (bicyclic) bond motifs is 1. The average Bonchev–Trinajstić information content (AvgIpc) is 3.17. The van der Waals surface area contributed by atoms with E-state index in [1.807, 2.05) is 0 Å². The Labute approximate surface area is 176 Å². The normalized spacial score (nSPS) is 20.2. The second kappa shape index (κ2) is 8.00. The van der Waals surface area contributed by atoms with Crippen molar-refractivity contribution in [1.29, 1.82) is 0 Å². The number of hydrogen-bond donors (Lipinski definition) is 1. The zero-order chi connectivity index (χ0) is 21.5. The first-order valence-corrected chi connectivity index (χ1v) is 9.88. The summed E-state index contributed by atoms with van der Waals surface area (Å²) in [6.45, 7) is 0.470. The van der Waals surface area contributed by atoms with Crippen LogP contribution in [-0.4, -0.2) is 35.4 Å². The van der Waals surface area contributed by atoms with E-state index in [0.717, 1.165) is 25.0 Å². The van der Waals surface area contributed by atoms with Crippen LogP contribution in [0.4, 0.5) is 13.2 Å². The van der Waals surface area contributed by atoms with Crippen molar-refractivity contribution in [3.05, 3.63) is 58.1 Å². The Balaban J connectivity index is 1.87. The number of hydrogen-bond acceptors (Lipinski definition) is 4. The SMILES string of the molecule is O=C(O)C1CCCCN1C(c1ccc2c(c1)OCO2)c1cc(C(F)(F)F)ccc1Cl. The number of carboxylic acids is 1. The molecule has 0 radical (unpaired) electrons. The molecule has 0 saturated carbocycles. The third kappa shape index (κ3) is 3.94. The van der Waals surface area contributed by atoms with Gasteiger partial charge >= 0.3 is 12.1 Å². The molecule has 4 rings (SSSR count). The molecule has 9 heteroatoms. The highest BCUT2D eigenvalue weighted by Gasteiger charge is 2.38. The van der Waals surface area contributed by atoms with E-state index in [4.69, 9.17) is 21.1 Å². The lowest BCUT2D eigenvalue weighted by molar-refractivity contribution is -0.145. The fourth-order valence-electron chi connectivity index (χ4n) is 4.09. The lowest BCUT2D eigenvalue weighted by Crippen LogP contribution is -2.47. The molecule has 2 atom stereocenters. The van der Waals surface area contributed by atoms with Gasteiger partial charge in [0.15, 0.2) is 11.5 Å². The van der Waals surface area contributed by atoms with Gasteiger partial charge in [0.2, 0.25) is 6.79 Å². The predicted octanol–water partition coefficient (Wildman–Crippen LogP) is 5.12. The summed E-state index contributed by atoms with van der Waals surface area (Å²) in [5, 5.41) is 9.90. The third-order valence-electron chi connectivity index (χ3n) is 5.49. The molecule has 2 aliphatic rings. The van der Waals surface area contributed by atoms with Crippen LogP contribution in [-0.2, 0) is 11.0 Å². The van der Waals surface area contributed by atoms with Gasteiger partial charge in [-0.3, -0.25) is 9.69 Å². The van der Waals surface area contributed by atoms with Gasteiger partial charge in [0, 0.05) is 5.02 Å². The second-order valence-electron chi connectivity index (χ2n) is 7.34. The number of piperidine rings is 1. The Morgan fingerprint density at radius 2 is 1.90 bits per heavy atom. The minimum atomic E-state index is -4.55. The number of benzene rings is 2. The Morgan fingerprint density at radius 3 is 2.63 bits per heavy atom. The van der Waals surface area contributed by atoms with Crippen molar-refractivity contribution in [2.75, 3.05) is 13.3 Å². The standard InChI is InChI=1S/C21H19ClF3NO4/c22-15-6-5-13(21(23,24)25)10-14(15)19(26-8-2-1-3-16(26)20(27)28)12-4-7-17-18(9-12)30-11-29-17/h4-7,9-10,16,19H,1-3,8,11H2,(H,27,28). The molecule has 0 bridgehead atoms. The summed E-state index contributed by atoms with van der Waals surface area (Å²) in [6.07, 6.45) is -2.67. The van der Waals surface area contributed by atoms with E-state index in [1.165, 1.54) is 6.07 Å². The number of likely N-dealkylation sites (tertiary alicyclic amines) is 1. The zero-order valence-corrected chi connectivity index (χ0v) is 16.5.